The fraction of sp³-hybridized carbons (Fsp3) is 0.667. The predicted molar refractivity (Wildman–Crippen MR) is 33.7 cm³/mol. The Labute approximate surface area is 54.3 Å². The van der Waals surface area contributed by atoms with Gasteiger partial charge in [-0.25, -0.2) is 0 Å². The summed E-state index contributed by atoms with van der Waals surface area (Å²) in [5.41, 5.74) is 3.97. The van der Waals surface area contributed by atoms with Crippen LogP contribution in [0.4, 0.5) is 0 Å². The molecule has 1 rings (SSSR count). The Bertz CT molecular complexity index is 112. The Morgan fingerprint density at radius 3 is 3.22 bits per heavy atom. The van der Waals surface area contributed by atoms with E-state index in [-0.39, 0.29) is 6.61 Å². The van der Waals surface area contributed by atoms with Crippen molar-refractivity contribution in [2.45, 2.75) is 6.42 Å². The van der Waals surface area contributed by atoms with Gasteiger partial charge in [-0.15, -0.1) is 0 Å². The van der Waals surface area contributed by atoms with Gasteiger partial charge in [0.15, 0.2) is 0 Å². The summed E-state index contributed by atoms with van der Waals surface area (Å²) in [6, 6.07) is 0. The summed E-state index contributed by atoms with van der Waals surface area (Å²) in [6.45, 7) is 1.60. The first-order chi connectivity index (χ1) is 4.43. The molecule has 0 aromatic heterocycles. The van der Waals surface area contributed by atoms with Gasteiger partial charge in [-0.1, -0.05) is 11.6 Å². The van der Waals surface area contributed by atoms with Crippen molar-refractivity contribution in [3.8, 4) is 0 Å². The number of hydroxylamine groups is 1. The summed E-state index contributed by atoms with van der Waals surface area (Å²) < 4.78 is 0. The molecule has 0 fully saturated rings. The maximum absolute atomic E-state index is 8.51. The van der Waals surface area contributed by atoms with Crippen LogP contribution >= 0.6 is 0 Å². The highest BCUT2D eigenvalue weighted by Crippen LogP contribution is 2.01. The fourth-order valence-corrected chi connectivity index (χ4v) is 0.768. The van der Waals surface area contributed by atoms with E-state index in [1.54, 1.807) is 0 Å². The molecule has 0 spiro atoms. The molecule has 3 heteroatoms. The molecule has 1 aliphatic rings. The summed E-state index contributed by atoms with van der Waals surface area (Å²) in [6.07, 6.45) is 2.75. The third-order valence-corrected chi connectivity index (χ3v) is 1.29. The van der Waals surface area contributed by atoms with Gasteiger partial charge in [-0.3, -0.25) is 4.84 Å². The van der Waals surface area contributed by atoms with Crippen LogP contribution in [0.1, 0.15) is 6.42 Å². The van der Waals surface area contributed by atoms with Crippen molar-refractivity contribution in [2.75, 3.05) is 19.8 Å². The molecule has 1 aliphatic heterocycles. The van der Waals surface area contributed by atoms with Crippen molar-refractivity contribution in [3.05, 3.63) is 11.6 Å². The summed E-state index contributed by atoms with van der Waals surface area (Å²) in [4.78, 5) is 4.84. The van der Waals surface area contributed by atoms with Crippen LogP contribution in [0.3, 0.4) is 0 Å². The van der Waals surface area contributed by atoms with Gasteiger partial charge in [0.2, 0.25) is 0 Å². The molecule has 0 aromatic carbocycles. The lowest BCUT2D eigenvalue weighted by molar-refractivity contribution is 0.0579. The molecule has 0 amide bonds. The second kappa shape index (κ2) is 3.61. The summed E-state index contributed by atoms with van der Waals surface area (Å²) >= 11 is 0. The number of nitrogens with one attached hydrogen (secondary N) is 1. The van der Waals surface area contributed by atoms with E-state index >= 15 is 0 Å². The van der Waals surface area contributed by atoms with Crippen molar-refractivity contribution in [1.29, 1.82) is 0 Å². The molecule has 3 nitrogen and oxygen atoms in total. The summed E-state index contributed by atoms with van der Waals surface area (Å²) in [5, 5.41) is 8.51. The molecule has 9 heavy (non-hydrogen) atoms. The van der Waals surface area contributed by atoms with Crippen LogP contribution in [-0.2, 0) is 4.84 Å². The second-order valence-corrected chi connectivity index (χ2v) is 1.97. The number of aliphatic hydroxyl groups is 1. The van der Waals surface area contributed by atoms with Gasteiger partial charge in [0.25, 0.3) is 0 Å². The Morgan fingerprint density at radius 2 is 2.67 bits per heavy atom. The fourth-order valence-electron chi connectivity index (χ4n) is 0.768. The van der Waals surface area contributed by atoms with E-state index in [2.05, 4.69) is 5.48 Å². The lowest BCUT2D eigenvalue weighted by Crippen LogP contribution is -2.23. The molecule has 0 bridgehead atoms. The van der Waals surface area contributed by atoms with Crippen molar-refractivity contribution < 1.29 is 9.94 Å². The molecule has 0 saturated heterocycles. The Hall–Kier alpha value is -0.380. The highest BCUT2D eigenvalue weighted by molar-refractivity contribution is 5.05. The number of hydrogen-bond acceptors (Lipinski definition) is 3. The molecule has 0 atom stereocenters. The number of hydrogen-bond donors (Lipinski definition) is 2. The third-order valence-electron chi connectivity index (χ3n) is 1.29. The van der Waals surface area contributed by atoms with Crippen LogP contribution in [0.15, 0.2) is 11.6 Å². The van der Waals surface area contributed by atoms with Crippen LogP contribution in [0.2, 0.25) is 0 Å². The van der Waals surface area contributed by atoms with E-state index in [0.717, 1.165) is 13.0 Å². The normalized spacial score (nSPS) is 19.4. The van der Waals surface area contributed by atoms with Crippen molar-refractivity contribution in [1.82, 2.24) is 5.48 Å². The third kappa shape index (κ3) is 2.13. The van der Waals surface area contributed by atoms with Gasteiger partial charge in [-0.2, -0.15) is 5.48 Å². The minimum atomic E-state index is 0.230. The number of aliphatic hydroxyl groups excluding tert-OH is 1. The van der Waals surface area contributed by atoms with E-state index in [9.17, 15) is 0 Å². The molecular formula is C6H11NO2. The zero-order valence-corrected chi connectivity index (χ0v) is 5.26. The molecule has 0 unspecified atom stereocenters. The minimum absolute atomic E-state index is 0.230. The number of rotatable bonds is 2. The molecule has 0 saturated carbocycles. The highest BCUT2D eigenvalue weighted by atomic mass is 16.6. The van der Waals surface area contributed by atoms with Crippen LogP contribution in [-0.4, -0.2) is 24.9 Å². The van der Waals surface area contributed by atoms with Crippen LogP contribution in [0, 0.1) is 0 Å². The van der Waals surface area contributed by atoms with E-state index in [1.165, 1.54) is 5.57 Å². The van der Waals surface area contributed by atoms with Crippen LogP contribution < -0.4 is 5.48 Å². The monoisotopic (exact) mass is 129 g/mol. The SMILES string of the molecule is OCCC1=CCONC1. The molecule has 0 aliphatic carbocycles. The molecule has 52 valence electrons. The molecule has 2 N–H and O–H groups in total. The lowest BCUT2D eigenvalue weighted by atomic mass is 10.2. The molecule has 1 heterocycles. The van der Waals surface area contributed by atoms with Gasteiger partial charge < -0.3 is 5.11 Å². The Balaban J connectivity index is 2.28. The van der Waals surface area contributed by atoms with Crippen LogP contribution in [0.5, 0.6) is 0 Å². The topological polar surface area (TPSA) is 41.5 Å². The largest absolute Gasteiger partial charge is 0.396 e. The minimum Gasteiger partial charge on any atom is -0.396 e. The van der Waals surface area contributed by atoms with E-state index in [1.807, 2.05) is 6.08 Å². The average Bonchev–Trinajstić information content (AvgIpc) is 1.91. The van der Waals surface area contributed by atoms with E-state index < -0.39 is 0 Å². The standard InChI is InChI=1S/C6H11NO2/c8-3-1-6-2-4-9-7-5-6/h2,7-8H,1,3-5H2. The maximum Gasteiger partial charge on any atom is 0.0866 e. The Kier molecular flexibility index (Phi) is 2.70. The maximum atomic E-state index is 8.51. The zero-order chi connectivity index (χ0) is 6.53. The van der Waals surface area contributed by atoms with Gasteiger partial charge in [0, 0.05) is 13.2 Å². The molecular weight excluding hydrogens is 118 g/mol. The average molecular weight is 129 g/mol. The first kappa shape index (κ1) is 6.74. The predicted octanol–water partition coefficient (Wildman–Crippen LogP) is -0.170. The van der Waals surface area contributed by atoms with Crippen LogP contribution in [0.25, 0.3) is 0 Å². The van der Waals surface area contributed by atoms with E-state index in [4.69, 9.17) is 9.94 Å². The second-order valence-electron chi connectivity index (χ2n) is 1.97. The highest BCUT2D eigenvalue weighted by Gasteiger charge is 2.00. The first-order valence-electron chi connectivity index (χ1n) is 3.07. The van der Waals surface area contributed by atoms with E-state index in [0.29, 0.717) is 6.61 Å². The van der Waals surface area contributed by atoms with Gasteiger partial charge in [0.05, 0.1) is 6.61 Å². The van der Waals surface area contributed by atoms with Gasteiger partial charge >= 0.3 is 0 Å². The van der Waals surface area contributed by atoms with Gasteiger partial charge in [-0.05, 0) is 6.42 Å². The summed E-state index contributed by atoms with van der Waals surface area (Å²) in [5.74, 6) is 0. The quantitative estimate of drug-likeness (QED) is 0.509. The lowest BCUT2D eigenvalue weighted by Gasteiger charge is -2.12. The summed E-state index contributed by atoms with van der Waals surface area (Å²) in [7, 11) is 0. The van der Waals surface area contributed by atoms with Gasteiger partial charge in [0.1, 0.15) is 0 Å². The first-order valence-corrected chi connectivity index (χ1v) is 3.07. The smallest absolute Gasteiger partial charge is 0.0866 e. The van der Waals surface area contributed by atoms with Crippen molar-refractivity contribution >= 4 is 0 Å². The zero-order valence-electron chi connectivity index (χ0n) is 5.26. The van der Waals surface area contributed by atoms with Crippen molar-refractivity contribution in [3.63, 3.8) is 0 Å². The molecule has 0 aromatic rings. The molecule has 0 radical (unpaired) electrons. The Morgan fingerprint density at radius 1 is 1.78 bits per heavy atom. The van der Waals surface area contributed by atoms with Crippen molar-refractivity contribution in [2.24, 2.45) is 0 Å².